The van der Waals surface area contributed by atoms with Crippen molar-refractivity contribution in [3.63, 3.8) is 0 Å². The number of nitrogens with zero attached hydrogens (tertiary/aromatic N) is 1. The van der Waals surface area contributed by atoms with Gasteiger partial charge in [0, 0.05) is 24.0 Å². The molecule has 0 saturated heterocycles. The topological polar surface area (TPSA) is 24.9 Å². The number of rotatable bonds is 1. The number of nitrogens with one attached hydrogen (secondary N) is 1. The second-order valence-corrected chi connectivity index (χ2v) is 5.34. The van der Waals surface area contributed by atoms with Crippen molar-refractivity contribution in [2.75, 3.05) is 5.32 Å². The molecule has 1 aliphatic carbocycles. The monoisotopic (exact) mass is 248 g/mol. The first-order valence-electron chi connectivity index (χ1n) is 6.85. The molecule has 0 saturated carbocycles. The van der Waals surface area contributed by atoms with Gasteiger partial charge in [0.2, 0.25) is 0 Å². The van der Waals surface area contributed by atoms with E-state index in [0.29, 0.717) is 17.9 Å². The van der Waals surface area contributed by atoms with Crippen molar-refractivity contribution in [1.82, 2.24) is 4.98 Å². The standard InChI is InChI=1S/C17H16N2/c1-2-7-16-14(4-1)13-5-3-6-15(13)17(19-16)12-8-10-18-11-9-12/h1-5,7-11,13,15,17,19H,6H2/t13-,15-,17-/m0/s1. The van der Waals surface area contributed by atoms with E-state index >= 15 is 0 Å². The zero-order chi connectivity index (χ0) is 12.7. The molecule has 19 heavy (non-hydrogen) atoms. The molecular formula is C17H16N2. The van der Waals surface area contributed by atoms with E-state index in [2.05, 4.69) is 58.9 Å². The zero-order valence-corrected chi connectivity index (χ0v) is 10.7. The number of para-hydroxylation sites is 1. The number of pyridine rings is 1. The van der Waals surface area contributed by atoms with Crippen molar-refractivity contribution in [1.29, 1.82) is 0 Å². The minimum Gasteiger partial charge on any atom is -0.378 e. The third-order valence-corrected chi connectivity index (χ3v) is 4.34. The molecule has 4 rings (SSSR count). The van der Waals surface area contributed by atoms with Crippen LogP contribution in [0.3, 0.4) is 0 Å². The van der Waals surface area contributed by atoms with Crippen molar-refractivity contribution < 1.29 is 0 Å². The maximum atomic E-state index is 4.13. The van der Waals surface area contributed by atoms with Crippen LogP contribution < -0.4 is 5.32 Å². The first kappa shape index (κ1) is 10.8. The third kappa shape index (κ3) is 1.67. The van der Waals surface area contributed by atoms with Gasteiger partial charge in [-0.05, 0) is 41.7 Å². The van der Waals surface area contributed by atoms with Gasteiger partial charge in [0.05, 0.1) is 6.04 Å². The number of hydrogen-bond donors (Lipinski definition) is 1. The molecule has 94 valence electrons. The number of hydrogen-bond acceptors (Lipinski definition) is 2. The Kier molecular flexibility index (Phi) is 2.41. The largest absolute Gasteiger partial charge is 0.378 e. The Morgan fingerprint density at radius 2 is 1.89 bits per heavy atom. The van der Waals surface area contributed by atoms with Crippen LogP contribution in [-0.2, 0) is 0 Å². The summed E-state index contributed by atoms with van der Waals surface area (Å²) < 4.78 is 0. The Bertz CT molecular complexity index is 618. The van der Waals surface area contributed by atoms with Gasteiger partial charge >= 0.3 is 0 Å². The average Bonchev–Trinajstić information content (AvgIpc) is 2.97. The van der Waals surface area contributed by atoms with Crippen LogP contribution in [0.4, 0.5) is 5.69 Å². The van der Waals surface area contributed by atoms with Crippen molar-refractivity contribution in [2.24, 2.45) is 5.92 Å². The molecule has 0 radical (unpaired) electrons. The molecule has 3 atom stereocenters. The fourth-order valence-electron chi connectivity index (χ4n) is 3.44. The Balaban J connectivity index is 1.80. The fraction of sp³-hybridized carbons (Fsp3) is 0.235. The molecule has 2 heteroatoms. The quantitative estimate of drug-likeness (QED) is 0.774. The highest BCUT2D eigenvalue weighted by Gasteiger charge is 2.37. The summed E-state index contributed by atoms with van der Waals surface area (Å²) in [5, 5.41) is 3.72. The van der Waals surface area contributed by atoms with Crippen molar-refractivity contribution in [3.05, 3.63) is 72.1 Å². The highest BCUT2D eigenvalue weighted by atomic mass is 15.0. The molecule has 0 unspecified atom stereocenters. The van der Waals surface area contributed by atoms with Crippen LogP contribution in [0.5, 0.6) is 0 Å². The fourth-order valence-corrected chi connectivity index (χ4v) is 3.44. The Morgan fingerprint density at radius 3 is 2.79 bits per heavy atom. The van der Waals surface area contributed by atoms with Crippen LogP contribution in [0.2, 0.25) is 0 Å². The van der Waals surface area contributed by atoms with E-state index in [1.54, 1.807) is 0 Å². The van der Waals surface area contributed by atoms with Gasteiger partial charge in [0.25, 0.3) is 0 Å². The Hall–Kier alpha value is -2.09. The van der Waals surface area contributed by atoms with E-state index in [-0.39, 0.29) is 0 Å². The smallest absolute Gasteiger partial charge is 0.0555 e. The molecule has 1 aromatic heterocycles. The highest BCUT2D eigenvalue weighted by molar-refractivity contribution is 5.59. The predicted molar refractivity (Wildman–Crippen MR) is 77.0 cm³/mol. The molecule has 1 aromatic carbocycles. The molecule has 1 N–H and O–H groups in total. The normalized spacial score (nSPS) is 27.5. The van der Waals surface area contributed by atoms with E-state index in [9.17, 15) is 0 Å². The average molecular weight is 248 g/mol. The lowest BCUT2D eigenvalue weighted by atomic mass is 9.77. The second-order valence-electron chi connectivity index (χ2n) is 5.34. The summed E-state index contributed by atoms with van der Waals surface area (Å²) in [6.07, 6.45) is 9.62. The van der Waals surface area contributed by atoms with Gasteiger partial charge in [-0.3, -0.25) is 4.98 Å². The van der Waals surface area contributed by atoms with Gasteiger partial charge in [-0.1, -0.05) is 30.4 Å². The van der Waals surface area contributed by atoms with E-state index in [1.165, 1.54) is 16.8 Å². The first-order chi connectivity index (χ1) is 9.43. The Labute approximate surface area is 113 Å². The van der Waals surface area contributed by atoms with E-state index in [0.717, 1.165) is 6.42 Å². The highest BCUT2D eigenvalue weighted by Crippen LogP contribution is 2.49. The number of fused-ring (bicyclic) bond motifs is 3. The Morgan fingerprint density at radius 1 is 1.05 bits per heavy atom. The molecule has 2 heterocycles. The summed E-state index contributed by atoms with van der Waals surface area (Å²) in [5.41, 5.74) is 4.05. The maximum absolute atomic E-state index is 4.13. The second kappa shape index (κ2) is 4.23. The van der Waals surface area contributed by atoms with Crippen LogP contribution in [0.15, 0.2) is 60.9 Å². The number of benzene rings is 1. The van der Waals surface area contributed by atoms with Gasteiger partial charge in [-0.25, -0.2) is 0 Å². The first-order valence-corrected chi connectivity index (χ1v) is 6.85. The molecule has 2 aromatic rings. The minimum absolute atomic E-state index is 0.387. The van der Waals surface area contributed by atoms with Gasteiger partial charge in [0.1, 0.15) is 0 Å². The lowest BCUT2D eigenvalue weighted by molar-refractivity contribution is 0.425. The zero-order valence-electron chi connectivity index (χ0n) is 10.7. The van der Waals surface area contributed by atoms with Crippen LogP contribution in [0.25, 0.3) is 0 Å². The number of aromatic nitrogens is 1. The summed E-state index contributed by atoms with van der Waals surface area (Å²) in [6.45, 7) is 0. The van der Waals surface area contributed by atoms with Gasteiger partial charge in [-0.2, -0.15) is 0 Å². The number of anilines is 1. The molecular weight excluding hydrogens is 232 g/mol. The van der Waals surface area contributed by atoms with Crippen LogP contribution in [-0.4, -0.2) is 4.98 Å². The molecule has 0 fully saturated rings. The summed E-state index contributed by atoms with van der Waals surface area (Å²) in [5.74, 6) is 1.17. The van der Waals surface area contributed by atoms with Crippen molar-refractivity contribution in [2.45, 2.75) is 18.4 Å². The van der Waals surface area contributed by atoms with Crippen LogP contribution in [0, 0.1) is 5.92 Å². The summed E-state index contributed by atoms with van der Waals surface area (Å²) in [7, 11) is 0. The lowest BCUT2D eigenvalue weighted by Crippen LogP contribution is -2.28. The maximum Gasteiger partial charge on any atom is 0.0555 e. The molecule has 1 aliphatic heterocycles. The predicted octanol–water partition coefficient (Wildman–Crippen LogP) is 3.91. The van der Waals surface area contributed by atoms with Gasteiger partial charge in [0.15, 0.2) is 0 Å². The summed E-state index contributed by atoms with van der Waals surface area (Å²) in [4.78, 5) is 4.13. The van der Waals surface area contributed by atoms with E-state index < -0.39 is 0 Å². The molecule has 0 amide bonds. The molecule has 0 bridgehead atoms. The molecule has 2 aliphatic rings. The SMILES string of the molecule is C1=C[C@H]2c3ccccc3N[C@@H](c3ccncc3)[C@H]2C1. The van der Waals surface area contributed by atoms with Crippen molar-refractivity contribution in [3.8, 4) is 0 Å². The number of allylic oxidation sites excluding steroid dienone is 2. The van der Waals surface area contributed by atoms with Crippen molar-refractivity contribution >= 4 is 5.69 Å². The third-order valence-electron chi connectivity index (χ3n) is 4.34. The summed E-state index contributed by atoms with van der Waals surface area (Å²) in [6, 6.07) is 13.3. The van der Waals surface area contributed by atoms with Crippen LogP contribution >= 0.6 is 0 Å². The molecule has 0 spiro atoms. The molecule has 2 nitrogen and oxygen atoms in total. The van der Waals surface area contributed by atoms with Crippen LogP contribution in [0.1, 0.15) is 29.5 Å². The lowest BCUT2D eigenvalue weighted by Gasteiger charge is -2.37. The minimum atomic E-state index is 0.387. The van der Waals surface area contributed by atoms with E-state index in [1.807, 2.05) is 12.4 Å². The summed E-state index contributed by atoms with van der Waals surface area (Å²) >= 11 is 0. The van der Waals surface area contributed by atoms with Gasteiger partial charge in [-0.15, -0.1) is 0 Å². The van der Waals surface area contributed by atoms with E-state index in [4.69, 9.17) is 0 Å². The van der Waals surface area contributed by atoms with Gasteiger partial charge < -0.3 is 5.32 Å².